The van der Waals surface area contributed by atoms with Crippen LogP contribution in [0.15, 0.2) is 79.0 Å². The molecular weight excluding hydrogens is 294 g/mol. The SMILES string of the molecule is C[C@H](Nc1cc(NCCc2ccccc2)ccn1)c1ccccc1. The fraction of sp³-hybridized carbons (Fsp3) is 0.190. The Morgan fingerprint density at radius 2 is 1.62 bits per heavy atom. The normalized spacial score (nSPS) is 11.7. The third-order valence-electron chi connectivity index (χ3n) is 4.01. The van der Waals surface area contributed by atoms with Crippen LogP contribution in [0.25, 0.3) is 0 Å². The van der Waals surface area contributed by atoms with E-state index in [0.29, 0.717) is 0 Å². The van der Waals surface area contributed by atoms with Crippen LogP contribution in [-0.2, 0) is 6.42 Å². The molecular formula is C21H23N3. The molecule has 0 radical (unpaired) electrons. The zero-order chi connectivity index (χ0) is 16.6. The predicted molar refractivity (Wildman–Crippen MR) is 101 cm³/mol. The van der Waals surface area contributed by atoms with Crippen molar-refractivity contribution in [2.24, 2.45) is 0 Å². The van der Waals surface area contributed by atoms with E-state index in [9.17, 15) is 0 Å². The summed E-state index contributed by atoms with van der Waals surface area (Å²) in [6.07, 6.45) is 2.84. The lowest BCUT2D eigenvalue weighted by atomic mass is 10.1. The van der Waals surface area contributed by atoms with Crippen LogP contribution in [-0.4, -0.2) is 11.5 Å². The lowest BCUT2D eigenvalue weighted by Crippen LogP contribution is -2.09. The molecule has 0 amide bonds. The molecule has 24 heavy (non-hydrogen) atoms. The number of hydrogen-bond donors (Lipinski definition) is 2. The Bertz CT molecular complexity index is 741. The van der Waals surface area contributed by atoms with Crippen molar-refractivity contribution in [2.45, 2.75) is 19.4 Å². The molecule has 1 heterocycles. The maximum absolute atomic E-state index is 4.42. The monoisotopic (exact) mass is 317 g/mol. The predicted octanol–water partition coefficient (Wildman–Crippen LogP) is 4.91. The molecule has 1 atom stereocenters. The molecule has 0 saturated heterocycles. The van der Waals surface area contributed by atoms with Crippen LogP contribution in [0.4, 0.5) is 11.5 Å². The molecule has 0 unspecified atom stereocenters. The molecule has 3 heteroatoms. The van der Waals surface area contributed by atoms with Crippen molar-refractivity contribution in [3.8, 4) is 0 Å². The molecule has 0 fully saturated rings. The second kappa shape index (κ2) is 8.16. The van der Waals surface area contributed by atoms with Crippen molar-refractivity contribution >= 4 is 11.5 Å². The molecule has 0 aliphatic heterocycles. The highest BCUT2D eigenvalue weighted by Crippen LogP contribution is 2.19. The lowest BCUT2D eigenvalue weighted by molar-refractivity contribution is 0.874. The van der Waals surface area contributed by atoms with Crippen LogP contribution < -0.4 is 10.6 Å². The number of nitrogens with one attached hydrogen (secondary N) is 2. The molecule has 3 nitrogen and oxygen atoms in total. The molecule has 2 aromatic carbocycles. The fourth-order valence-corrected chi connectivity index (χ4v) is 2.66. The van der Waals surface area contributed by atoms with E-state index in [-0.39, 0.29) is 6.04 Å². The average molecular weight is 317 g/mol. The molecule has 3 aromatic rings. The standard InChI is InChI=1S/C21H23N3/c1-17(19-10-6-3-7-11-19)24-21-16-20(13-15-23-21)22-14-12-18-8-4-2-5-9-18/h2-11,13,15-17H,12,14H2,1H3,(H2,22,23,24)/t17-/m0/s1. The van der Waals surface area contributed by atoms with Crippen LogP contribution >= 0.6 is 0 Å². The molecule has 3 rings (SSSR count). The Morgan fingerprint density at radius 3 is 2.38 bits per heavy atom. The van der Waals surface area contributed by atoms with E-state index in [1.165, 1.54) is 11.1 Å². The number of rotatable bonds is 7. The van der Waals surface area contributed by atoms with Crippen molar-refractivity contribution in [3.63, 3.8) is 0 Å². The molecule has 0 saturated carbocycles. The van der Waals surface area contributed by atoms with Crippen LogP contribution in [0, 0.1) is 0 Å². The van der Waals surface area contributed by atoms with Crippen LogP contribution in [0.3, 0.4) is 0 Å². The summed E-state index contributed by atoms with van der Waals surface area (Å²) in [7, 11) is 0. The van der Waals surface area contributed by atoms with Crippen molar-refractivity contribution in [1.29, 1.82) is 0 Å². The first-order valence-corrected chi connectivity index (χ1v) is 8.36. The van der Waals surface area contributed by atoms with Gasteiger partial charge >= 0.3 is 0 Å². The molecule has 122 valence electrons. The topological polar surface area (TPSA) is 37.0 Å². The van der Waals surface area contributed by atoms with Gasteiger partial charge in [-0.3, -0.25) is 0 Å². The van der Waals surface area contributed by atoms with Gasteiger partial charge < -0.3 is 10.6 Å². The van der Waals surface area contributed by atoms with Gasteiger partial charge in [-0.1, -0.05) is 60.7 Å². The van der Waals surface area contributed by atoms with E-state index in [0.717, 1.165) is 24.5 Å². The molecule has 0 aliphatic rings. The van der Waals surface area contributed by atoms with Gasteiger partial charge in [0.2, 0.25) is 0 Å². The highest BCUT2D eigenvalue weighted by atomic mass is 15.0. The first kappa shape index (κ1) is 16.1. The Kier molecular flexibility index (Phi) is 5.46. The van der Waals surface area contributed by atoms with E-state index < -0.39 is 0 Å². The van der Waals surface area contributed by atoms with Gasteiger partial charge in [0.1, 0.15) is 5.82 Å². The number of anilines is 2. The average Bonchev–Trinajstić information content (AvgIpc) is 2.64. The van der Waals surface area contributed by atoms with Crippen molar-refractivity contribution in [1.82, 2.24) is 4.98 Å². The van der Waals surface area contributed by atoms with E-state index in [1.807, 2.05) is 24.4 Å². The van der Waals surface area contributed by atoms with Crippen LogP contribution in [0.2, 0.25) is 0 Å². The first-order valence-electron chi connectivity index (χ1n) is 8.36. The van der Waals surface area contributed by atoms with Crippen LogP contribution in [0.1, 0.15) is 24.1 Å². The highest BCUT2D eigenvalue weighted by Gasteiger charge is 2.05. The largest absolute Gasteiger partial charge is 0.385 e. The number of hydrogen-bond acceptors (Lipinski definition) is 3. The van der Waals surface area contributed by atoms with Gasteiger partial charge in [-0.25, -0.2) is 4.98 Å². The summed E-state index contributed by atoms with van der Waals surface area (Å²) in [4.78, 5) is 4.42. The van der Waals surface area contributed by atoms with Gasteiger partial charge in [0.05, 0.1) is 0 Å². The second-order valence-corrected chi connectivity index (χ2v) is 5.87. The number of nitrogens with zero attached hydrogens (tertiary/aromatic N) is 1. The third kappa shape index (κ3) is 4.59. The molecule has 0 aliphatic carbocycles. The summed E-state index contributed by atoms with van der Waals surface area (Å²) < 4.78 is 0. The van der Waals surface area contributed by atoms with Gasteiger partial charge in [0.25, 0.3) is 0 Å². The number of pyridine rings is 1. The fourth-order valence-electron chi connectivity index (χ4n) is 2.66. The van der Waals surface area contributed by atoms with E-state index in [4.69, 9.17) is 0 Å². The summed E-state index contributed by atoms with van der Waals surface area (Å²) in [6, 6.07) is 25.2. The summed E-state index contributed by atoms with van der Waals surface area (Å²) >= 11 is 0. The van der Waals surface area contributed by atoms with Crippen molar-refractivity contribution in [3.05, 3.63) is 90.1 Å². The third-order valence-corrected chi connectivity index (χ3v) is 4.01. The van der Waals surface area contributed by atoms with E-state index in [1.54, 1.807) is 0 Å². The summed E-state index contributed by atoms with van der Waals surface area (Å²) in [5.41, 5.74) is 3.68. The number of aromatic nitrogens is 1. The van der Waals surface area contributed by atoms with Gasteiger partial charge in [-0.15, -0.1) is 0 Å². The molecule has 1 aromatic heterocycles. The smallest absolute Gasteiger partial charge is 0.128 e. The molecule has 2 N–H and O–H groups in total. The van der Waals surface area contributed by atoms with Gasteiger partial charge in [-0.05, 0) is 30.5 Å². The molecule has 0 bridgehead atoms. The zero-order valence-corrected chi connectivity index (χ0v) is 13.9. The van der Waals surface area contributed by atoms with Crippen molar-refractivity contribution in [2.75, 3.05) is 17.2 Å². The van der Waals surface area contributed by atoms with Gasteiger partial charge in [0, 0.05) is 30.5 Å². The Morgan fingerprint density at radius 1 is 0.917 bits per heavy atom. The van der Waals surface area contributed by atoms with E-state index >= 15 is 0 Å². The second-order valence-electron chi connectivity index (χ2n) is 5.87. The van der Waals surface area contributed by atoms with Crippen molar-refractivity contribution < 1.29 is 0 Å². The summed E-state index contributed by atoms with van der Waals surface area (Å²) in [5, 5.41) is 6.92. The first-order chi connectivity index (χ1) is 11.8. The lowest BCUT2D eigenvalue weighted by Gasteiger charge is -2.16. The zero-order valence-electron chi connectivity index (χ0n) is 13.9. The minimum atomic E-state index is 0.221. The Hall–Kier alpha value is -2.81. The summed E-state index contributed by atoms with van der Waals surface area (Å²) in [6.45, 7) is 3.05. The quantitative estimate of drug-likeness (QED) is 0.650. The minimum absolute atomic E-state index is 0.221. The van der Waals surface area contributed by atoms with Gasteiger partial charge in [-0.2, -0.15) is 0 Å². The van der Waals surface area contributed by atoms with Gasteiger partial charge in [0.15, 0.2) is 0 Å². The maximum atomic E-state index is 4.42. The number of benzene rings is 2. The highest BCUT2D eigenvalue weighted by molar-refractivity contribution is 5.52. The Balaban J connectivity index is 1.56. The summed E-state index contributed by atoms with van der Waals surface area (Å²) in [5.74, 6) is 0.885. The molecule has 0 spiro atoms. The maximum Gasteiger partial charge on any atom is 0.128 e. The minimum Gasteiger partial charge on any atom is -0.385 e. The van der Waals surface area contributed by atoms with E-state index in [2.05, 4.69) is 77.1 Å². The van der Waals surface area contributed by atoms with Crippen LogP contribution in [0.5, 0.6) is 0 Å². The Labute approximate surface area is 143 Å².